The molecule has 4 aromatic heterocycles. The van der Waals surface area contributed by atoms with Crippen molar-refractivity contribution in [3.8, 4) is 11.1 Å². The highest BCUT2D eigenvalue weighted by molar-refractivity contribution is 5.81. The molecule has 0 aliphatic heterocycles. The normalized spacial score (nSPS) is 11.0. The van der Waals surface area contributed by atoms with Gasteiger partial charge in [0.15, 0.2) is 0 Å². The van der Waals surface area contributed by atoms with Crippen molar-refractivity contribution >= 4 is 22.8 Å². The van der Waals surface area contributed by atoms with Crippen LogP contribution in [0, 0.1) is 0 Å². The summed E-state index contributed by atoms with van der Waals surface area (Å²) in [6.07, 6.45) is 7.01. The first-order chi connectivity index (χ1) is 10.8. The van der Waals surface area contributed by atoms with Gasteiger partial charge >= 0.3 is 0 Å². The maximum Gasteiger partial charge on any atom is 0.224 e. The molecular formula is C14H12N8. The molecule has 22 heavy (non-hydrogen) atoms. The molecule has 0 unspecified atom stereocenters. The van der Waals surface area contributed by atoms with E-state index in [0.29, 0.717) is 11.8 Å². The molecule has 0 aliphatic carbocycles. The molecule has 8 heteroatoms. The van der Waals surface area contributed by atoms with Crippen LogP contribution in [0.15, 0.2) is 43.1 Å². The molecule has 0 spiro atoms. The zero-order valence-corrected chi connectivity index (χ0v) is 11.7. The summed E-state index contributed by atoms with van der Waals surface area (Å²) in [4.78, 5) is 13.0. The maximum absolute atomic E-state index is 4.55. The summed E-state index contributed by atoms with van der Waals surface area (Å²) in [6.45, 7) is 0. The van der Waals surface area contributed by atoms with Gasteiger partial charge in [0.2, 0.25) is 5.95 Å². The fourth-order valence-corrected chi connectivity index (χ4v) is 2.19. The lowest BCUT2D eigenvalue weighted by Gasteiger charge is -2.04. The predicted octanol–water partition coefficient (Wildman–Crippen LogP) is 1.89. The Morgan fingerprint density at radius 1 is 1.09 bits per heavy atom. The molecule has 0 aliphatic rings. The molecule has 2 N–H and O–H groups in total. The molecule has 0 aromatic carbocycles. The highest BCUT2D eigenvalue weighted by atomic mass is 15.3. The van der Waals surface area contributed by atoms with Crippen LogP contribution in [0.1, 0.15) is 0 Å². The van der Waals surface area contributed by atoms with E-state index >= 15 is 0 Å². The van der Waals surface area contributed by atoms with Gasteiger partial charge in [0, 0.05) is 30.6 Å². The van der Waals surface area contributed by atoms with E-state index in [1.54, 1.807) is 10.9 Å². The van der Waals surface area contributed by atoms with Gasteiger partial charge < -0.3 is 5.32 Å². The van der Waals surface area contributed by atoms with Crippen LogP contribution in [-0.4, -0.2) is 34.9 Å². The minimum absolute atomic E-state index is 0.545. The SMILES string of the molecule is Cn1cc(-c2cnc3ccc(Nc4ncn[nH]4)nc3c2)cn1. The summed E-state index contributed by atoms with van der Waals surface area (Å²) in [5.74, 6) is 1.22. The lowest BCUT2D eigenvalue weighted by Crippen LogP contribution is -1.96. The van der Waals surface area contributed by atoms with Crippen molar-refractivity contribution in [3.05, 3.63) is 43.1 Å². The molecule has 4 aromatic rings. The third kappa shape index (κ3) is 2.26. The van der Waals surface area contributed by atoms with Crippen molar-refractivity contribution in [2.75, 3.05) is 5.32 Å². The molecule has 8 nitrogen and oxygen atoms in total. The molecule has 108 valence electrons. The van der Waals surface area contributed by atoms with Gasteiger partial charge in [0.05, 0.1) is 17.2 Å². The summed E-state index contributed by atoms with van der Waals surface area (Å²) in [5.41, 5.74) is 3.61. The number of H-pyrrole nitrogens is 1. The van der Waals surface area contributed by atoms with Gasteiger partial charge in [-0.25, -0.2) is 10.1 Å². The first-order valence-electron chi connectivity index (χ1n) is 6.66. The average Bonchev–Trinajstić information content (AvgIpc) is 3.18. The van der Waals surface area contributed by atoms with Crippen LogP contribution < -0.4 is 5.32 Å². The molecular weight excluding hydrogens is 280 g/mol. The topological polar surface area (TPSA) is 97.2 Å². The first kappa shape index (κ1) is 12.5. The Kier molecular flexibility index (Phi) is 2.78. The molecule has 0 amide bonds. The molecule has 4 heterocycles. The van der Waals surface area contributed by atoms with Crippen molar-refractivity contribution < 1.29 is 0 Å². The number of nitrogens with one attached hydrogen (secondary N) is 2. The van der Waals surface area contributed by atoms with E-state index in [9.17, 15) is 0 Å². The van der Waals surface area contributed by atoms with Crippen molar-refractivity contribution in [3.63, 3.8) is 0 Å². The number of hydrogen-bond donors (Lipinski definition) is 2. The summed E-state index contributed by atoms with van der Waals surface area (Å²) < 4.78 is 1.76. The van der Waals surface area contributed by atoms with Crippen molar-refractivity contribution in [2.24, 2.45) is 7.05 Å². The molecule has 4 rings (SSSR count). The van der Waals surface area contributed by atoms with E-state index in [1.165, 1.54) is 6.33 Å². The van der Waals surface area contributed by atoms with Crippen molar-refractivity contribution in [2.45, 2.75) is 0 Å². The second-order valence-electron chi connectivity index (χ2n) is 4.82. The van der Waals surface area contributed by atoms with E-state index < -0.39 is 0 Å². The number of aromatic nitrogens is 7. The Morgan fingerprint density at radius 2 is 2.05 bits per heavy atom. The molecule has 0 saturated heterocycles. The van der Waals surface area contributed by atoms with Gasteiger partial charge in [-0.15, -0.1) is 0 Å². The van der Waals surface area contributed by atoms with Crippen LogP contribution in [0.4, 0.5) is 11.8 Å². The third-order valence-corrected chi connectivity index (χ3v) is 3.24. The number of aromatic amines is 1. The monoisotopic (exact) mass is 292 g/mol. The number of pyridine rings is 2. The number of anilines is 2. The Balaban J connectivity index is 1.74. The van der Waals surface area contributed by atoms with Gasteiger partial charge in [-0.2, -0.15) is 15.2 Å². The minimum Gasteiger partial charge on any atom is -0.309 e. The fraction of sp³-hybridized carbons (Fsp3) is 0.0714. The van der Waals surface area contributed by atoms with Gasteiger partial charge in [0.25, 0.3) is 0 Å². The quantitative estimate of drug-likeness (QED) is 0.598. The largest absolute Gasteiger partial charge is 0.309 e. The third-order valence-electron chi connectivity index (χ3n) is 3.24. The van der Waals surface area contributed by atoms with Crippen LogP contribution in [0.5, 0.6) is 0 Å². The summed E-state index contributed by atoms with van der Waals surface area (Å²) >= 11 is 0. The van der Waals surface area contributed by atoms with Gasteiger partial charge in [-0.3, -0.25) is 9.67 Å². The van der Waals surface area contributed by atoms with Gasteiger partial charge in [0.1, 0.15) is 12.1 Å². The summed E-state index contributed by atoms with van der Waals surface area (Å²) in [6, 6.07) is 5.75. The zero-order chi connectivity index (χ0) is 14.9. The van der Waals surface area contributed by atoms with E-state index in [1.807, 2.05) is 37.6 Å². The lowest BCUT2D eigenvalue weighted by atomic mass is 10.1. The number of aryl methyl sites for hydroxylation is 1. The Labute approximate surface area is 125 Å². The fourth-order valence-electron chi connectivity index (χ4n) is 2.19. The molecule has 0 saturated carbocycles. The van der Waals surface area contributed by atoms with Crippen molar-refractivity contribution in [1.82, 2.24) is 34.9 Å². The minimum atomic E-state index is 0.545. The van der Waals surface area contributed by atoms with E-state index in [2.05, 4.69) is 35.6 Å². The Hall–Kier alpha value is -3.29. The van der Waals surface area contributed by atoms with Crippen LogP contribution in [0.25, 0.3) is 22.2 Å². The van der Waals surface area contributed by atoms with Gasteiger partial charge in [-0.05, 0) is 18.2 Å². The van der Waals surface area contributed by atoms with Crippen LogP contribution >= 0.6 is 0 Å². The van der Waals surface area contributed by atoms with Crippen LogP contribution in [-0.2, 0) is 7.05 Å². The summed E-state index contributed by atoms with van der Waals surface area (Å²) in [7, 11) is 1.88. The standard InChI is InChI=1S/C14H12N8/c1-22-7-10(6-18-22)9-4-12-11(15-5-9)2-3-13(19-12)20-14-16-8-17-21-14/h2-8H,1H3,(H2,16,17,19,20,21). The highest BCUT2D eigenvalue weighted by Crippen LogP contribution is 2.22. The average molecular weight is 292 g/mol. The number of nitrogens with zero attached hydrogens (tertiary/aromatic N) is 6. The highest BCUT2D eigenvalue weighted by Gasteiger charge is 2.06. The second-order valence-corrected chi connectivity index (χ2v) is 4.82. The van der Waals surface area contributed by atoms with E-state index in [-0.39, 0.29) is 0 Å². The predicted molar refractivity (Wildman–Crippen MR) is 81.4 cm³/mol. The molecule has 0 bridgehead atoms. The maximum atomic E-state index is 4.55. The molecule has 0 atom stereocenters. The number of hydrogen-bond acceptors (Lipinski definition) is 6. The van der Waals surface area contributed by atoms with Crippen LogP contribution in [0.2, 0.25) is 0 Å². The van der Waals surface area contributed by atoms with Crippen LogP contribution in [0.3, 0.4) is 0 Å². The van der Waals surface area contributed by atoms with Crippen molar-refractivity contribution in [1.29, 1.82) is 0 Å². The first-order valence-corrected chi connectivity index (χ1v) is 6.66. The number of fused-ring (bicyclic) bond motifs is 1. The number of rotatable bonds is 3. The van der Waals surface area contributed by atoms with E-state index in [0.717, 1.165) is 22.2 Å². The molecule has 0 radical (unpaired) electrons. The summed E-state index contributed by atoms with van der Waals surface area (Å²) in [5, 5.41) is 13.8. The Morgan fingerprint density at radius 3 is 2.82 bits per heavy atom. The second kappa shape index (κ2) is 4.92. The zero-order valence-electron chi connectivity index (χ0n) is 11.7. The molecule has 0 fully saturated rings. The smallest absolute Gasteiger partial charge is 0.224 e. The Bertz CT molecular complexity index is 925. The van der Waals surface area contributed by atoms with E-state index in [4.69, 9.17) is 0 Å². The van der Waals surface area contributed by atoms with Gasteiger partial charge in [-0.1, -0.05) is 0 Å². The lowest BCUT2D eigenvalue weighted by molar-refractivity contribution is 0.768.